The number of hydrogen-bond donors (Lipinski definition) is 1. The molecule has 0 spiro atoms. The molecule has 1 amide bonds. The molecule has 2 heterocycles. The van der Waals surface area contributed by atoms with Gasteiger partial charge in [0.15, 0.2) is 5.13 Å². The Morgan fingerprint density at radius 3 is 2.60 bits per heavy atom. The maximum Gasteiger partial charge on any atom is 0.263 e. The monoisotopic (exact) mass is 443 g/mol. The number of carbonyl (C=O) groups excluding carboxylic acids is 1. The van der Waals surface area contributed by atoms with Crippen LogP contribution in [0.3, 0.4) is 0 Å². The van der Waals surface area contributed by atoms with E-state index in [-0.39, 0.29) is 16.9 Å². The van der Waals surface area contributed by atoms with Gasteiger partial charge in [0.25, 0.3) is 15.9 Å². The molecule has 7 nitrogen and oxygen atoms in total. The smallest absolute Gasteiger partial charge is 0.263 e. The number of hydrogen-bond acceptors (Lipinski definition) is 6. The Morgan fingerprint density at radius 2 is 1.90 bits per heavy atom. The van der Waals surface area contributed by atoms with Gasteiger partial charge in [-0.05, 0) is 49.2 Å². The van der Waals surface area contributed by atoms with E-state index >= 15 is 0 Å². The third kappa shape index (κ3) is 4.80. The molecule has 1 aliphatic rings. The van der Waals surface area contributed by atoms with Crippen LogP contribution in [0.25, 0.3) is 0 Å². The molecule has 1 unspecified atom stereocenters. The summed E-state index contributed by atoms with van der Waals surface area (Å²) in [7, 11) is -3.74. The number of piperidine rings is 1. The molecule has 1 aliphatic heterocycles. The second-order valence-electron chi connectivity index (χ2n) is 6.91. The average molecular weight is 444 g/mol. The number of likely N-dealkylation sites (tertiary alicyclic amines) is 1. The first-order valence-electron chi connectivity index (χ1n) is 9.55. The van der Waals surface area contributed by atoms with Crippen molar-refractivity contribution in [2.75, 3.05) is 17.8 Å². The van der Waals surface area contributed by atoms with Crippen LogP contribution in [0.15, 0.2) is 71.1 Å². The van der Waals surface area contributed by atoms with E-state index in [2.05, 4.69) is 9.71 Å². The number of aromatic nitrogens is 1. The van der Waals surface area contributed by atoms with Crippen LogP contribution in [0.5, 0.6) is 5.75 Å². The highest BCUT2D eigenvalue weighted by molar-refractivity contribution is 7.93. The van der Waals surface area contributed by atoms with Gasteiger partial charge in [-0.15, -0.1) is 11.3 Å². The second-order valence-corrected chi connectivity index (χ2v) is 9.49. The van der Waals surface area contributed by atoms with Gasteiger partial charge in [-0.1, -0.05) is 18.2 Å². The maximum atomic E-state index is 12.9. The number of benzene rings is 2. The quantitative estimate of drug-likeness (QED) is 0.629. The van der Waals surface area contributed by atoms with E-state index in [1.54, 1.807) is 22.4 Å². The number of para-hydroxylation sites is 1. The van der Waals surface area contributed by atoms with Gasteiger partial charge in [-0.25, -0.2) is 13.4 Å². The van der Waals surface area contributed by atoms with E-state index in [4.69, 9.17) is 4.74 Å². The lowest BCUT2D eigenvalue weighted by molar-refractivity contribution is 0.0538. The summed E-state index contributed by atoms with van der Waals surface area (Å²) >= 11 is 1.20. The lowest BCUT2D eigenvalue weighted by atomic mass is 10.1. The number of sulfonamides is 1. The molecule has 1 N–H and O–H groups in total. The van der Waals surface area contributed by atoms with Crippen LogP contribution in [-0.4, -0.2) is 43.4 Å². The molecule has 2 aromatic carbocycles. The van der Waals surface area contributed by atoms with Crippen molar-refractivity contribution in [1.29, 1.82) is 0 Å². The number of nitrogens with zero attached hydrogens (tertiary/aromatic N) is 2. The zero-order valence-corrected chi connectivity index (χ0v) is 17.7. The van der Waals surface area contributed by atoms with E-state index in [1.165, 1.54) is 29.7 Å². The fourth-order valence-electron chi connectivity index (χ4n) is 3.32. The standard InChI is InChI=1S/C21H21N3O4S2/c25-20(24-13-4-7-18(15-24)28-17-5-2-1-3-6-17)16-8-10-19(11-9-16)30(26,27)23-21-22-12-14-29-21/h1-3,5-6,8-12,14,18H,4,7,13,15H2,(H,22,23). The first-order valence-corrected chi connectivity index (χ1v) is 11.9. The molecule has 30 heavy (non-hydrogen) atoms. The molecular weight excluding hydrogens is 422 g/mol. The highest BCUT2D eigenvalue weighted by atomic mass is 32.2. The molecule has 1 saturated heterocycles. The molecule has 1 aromatic heterocycles. The number of anilines is 1. The second kappa shape index (κ2) is 8.85. The highest BCUT2D eigenvalue weighted by Crippen LogP contribution is 2.21. The van der Waals surface area contributed by atoms with Crippen LogP contribution in [0.4, 0.5) is 5.13 Å². The summed E-state index contributed by atoms with van der Waals surface area (Å²) in [5, 5.41) is 1.99. The van der Waals surface area contributed by atoms with Crippen LogP contribution in [0.2, 0.25) is 0 Å². The molecule has 4 rings (SSSR count). The van der Waals surface area contributed by atoms with Crippen LogP contribution < -0.4 is 9.46 Å². The fraction of sp³-hybridized carbons (Fsp3) is 0.238. The van der Waals surface area contributed by atoms with E-state index in [9.17, 15) is 13.2 Å². The Hall–Kier alpha value is -2.91. The highest BCUT2D eigenvalue weighted by Gasteiger charge is 2.26. The van der Waals surface area contributed by atoms with Crippen molar-refractivity contribution < 1.29 is 17.9 Å². The summed E-state index contributed by atoms with van der Waals surface area (Å²) in [6.45, 7) is 1.15. The molecule has 0 bridgehead atoms. The largest absolute Gasteiger partial charge is 0.489 e. The van der Waals surface area contributed by atoms with Gasteiger partial charge in [0, 0.05) is 23.7 Å². The maximum absolute atomic E-state index is 12.9. The first-order chi connectivity index (χ1) is 14.5. The molecule has 156 valence electrons. The van der Waals surface area contributed by atoms with Crippen molar-refractivity contribution in [3.63, 3.8) is 0 Å². The lowest BCUT2D eigenvalue weighted by Gasteiger charge is -2.33. The number of carbonyl (C=O) groups is 1. The molecule has 1 fully saturated rings. The van der Waals surface area contributed by atoms with Gasteiger partial charge < -0.3 is 9.64 Å². The molecule has 9 heteroatoms. The van der Waals surface area contributed by atoms with Crippen molar-refractivity contribution in [3.05, 3.63) is 71.7 Å². The number of nitrogens with one attached hydrogen (secondary N) is 1. The van der Waals surface area contributed by atoms with Crippen LogP contribution >= 0.6 is 11.3 Å². The normalized spacial score (nSPS) is 16.8. The predicted octanol–water partition coefficient (Wildman–Crippen LogP) is 3.63. The van der Waals surface area contributed by atoms with E-state index in [1.807, 2.05) is 30.3 Å². The first kappa shape index (κ1) is 20.4. The Kier molecular flexibility index (Phi) is 6.01. The minimum atomic E-state index is -3.74. The number of thiazole rings is 1. The average Bonchev–Trinajstić information content (AvgIpc) is 3.26. The van der Waals surface area contributed by atoms with Gasteiger partial charge in [-0.3, -0.25) is 9.52 Å². The summed E-state index contributed by atoms with van der Waals surface area (Å²) in [6.07, 6.45) is 3.20. The van der Waals surface area contributed by atoms with Gasteiger partial charge >= 0.3 is 0 Å². The van der Waals surface area contributed by atoms with Gasteiger partial charge in [0.1, 0.15) is 11.9 Å². The summed E-state index contributed by atoms with van der Waals surface area (Å²) in [5.74, 6) is 0.660. The van der Waals surface area contributed by atoms with Crippen molar-refractivity contribution in [3.8, 4) is 5.75 Å². The van der Waals surface area contributed by atoms with Gasteiger partial charge in [0.2, 0.25) is 0 Å². The third-order valence-corrected chi connectivity index (χ3v) is 6.95. The summed E-state index contributed by atoms with van der Waals surface area (Å²) in [5.41, 5.74) is 0.448. The van der Waals surface area contributed by atoms with E-state index in [0.29, 0.717) is 23.8 Å². The van der Waals surface area contributed by atoms with E-state index in [0.717, 1.165) is 18.6 Å². The van der Waals surface area contributed by atoms with Crippen LogP contribution in [0, 0.1) is 0 Å². The predicted molar refractivity (Wildman–Crippen MR) is 115 cm³/mol. The van der Waals surface area contributed by atoms with Gasteiger partial charge in [-0.2, -0.15) is 0 Å². The van der Waals surface area contributed by atoms with Crippen LogP contribution in [-0.2, 0) is 10.0 Å². The fourth-order valence-corrected chi connectivity index (χ4v) is 5.11. The zero-order valence-electron chi connectivity index (χ0n) is 16.1. The minimum Gasteiger partial charge on any atom is -0.489 e. The molecule has 0 saturated carbocycles. The molecular formula is C21H21N3O4S2. The minimum absolute atomic E-state index is 0.0627. The number of ether oxygens (including phenoxy) is 1. The van der Waals surface area contributed by atoms with Crippen molar-refractivity contribution in [2.24, 2.45) is 0 Å². The lowest BCUT2D eigenvalue weighted by Crippen LogP contribution is -2.44. The van der Waals surface area contributed by atoms with E-state index < -0.39 is 10.0 Å². The van der Waals surface area contributed by atoms with Gasteiger partial charge in [0.05, 0.1) is 11.4 Å². The zero-order chi connectivity index (χ0) is 21.0. The third-order valence-electron chi connectivity index (χ3n) is 4.78. The topological polar surface area (TPSA) is 88.6 Å². The molecule has 0 aliphatic carbocycles. The Labute approximate surface area is 179 Å². The number of rotatable bonds is 6. The van der Waals surface area contributed by atoms with Crippen molar-refractivity contribution in [2.45, 2.75) is 23.8 Å². The molecule has 1 atom stereocenters. The number of amides is 1. The molecule has 3 aromatic rings. The Morgan fingerprint density at radius 1 is 1.13 bits per heavy atom. The SMILES string of the molecule is O=C(c1ccc(S(=O)(=O)Nc2nccs2)cc1)N1CCCC(Oc2ccccc2)C1. The van der Waals surface area contributed by atoms with Crippen LogP contribution in [0.1, 0.15) is 23.2 Å². The van der Waals surface area contributed by atoms with Crippen molar-refractivity contribution in [1.82, 2.24) is 9.88 Å². The summed E-state index contributed by atoms with van der Waals surface area (Å²) in [4.78, 5) is 18.7. The Balaban J connectivity index is 1.41. The Bertz CT molecular complexity index is 1090. The van der Waals surface area contributed by atoms with Crippen molar-refractivity contribution >= 4 is 32.4 Å². The summed E-state index contributed by atoms with van der Waals surface area (Å²) in [6, 6.07) is 15.5. The summed E-state index contributed by atoms with van der Waals surface area (Å²) < 4.78 is 33.3. The molecule has 0 radical (unpaired) electrons.